The summed E-state index contributed by atoms with van der Waals surface area (Å²) in [4.78, 5) is 1.37. The van der Waals surface area contributed by atoms with Gasteiger partial charge in [-0.3, -0.25) is 4.72 Å². The van der Waals surface area contributed by atoms with Crippen LogP contribution in [0.2, 0.25) is 0 Å². The zero-order chi connectivity index (χ0) is 9.97. The van der Waals surface area contributed by atoms with Gasteiger partial charge in [-0.05, 0) is 42.0 Å². The summed E-state index contributed by atoms with van der Waals surface area (Å²) in [5.74, 6) is 0.782. The Morgan fingerprint density at radius 3 is 3.21 bits per heavy atom. The lowest BCUT2D eigenvalue weighted by molar-refractivity contribution is 0.507. The highest BCUT2D eigenvalue weighted by Gasteiger charge is 2.15. The van der Waals surface area contributed by atoms with E-state index in [9.17, 15) is 0 Å². The van der Waals surface area contributed by atoms with Crippen LogP contribution in [-0.4, -0.2) is 6.54 Å². The van der Waals surface area contributed by atoms with Gasteiger partial charge in [0.25, 0.3) is 0 Å². The van der Waals surface area contributed by atoms with Crippen molar-refractivity contribution >= 4 is 27.9 Å². The van der Waals surface area contributed by atoms with Crippen LogP contribution in [-0.2, 0) is 6.42 Å². The number of nitrogens with one attached hydrogen (secondary N) is 1. The zero-order valence-corrected chi connectivity index (χ0v) is 10.6. The van der Waals surface area contributed by atoms with Gasteiger partial charge < -0.3 is 0 Å². The van der Waals surface area contributed by atoms with E-state index in [4.69, 9.17) is 0 Å². The molecule has 1 aliphatic heterocycles. The molecule has 0 unspecified atom stereocenters. The highest BCUT2D eigenvalue weighted by Crippen LogP contribution is 2.29. The highest BCUT2D eigenvalue weighted by molar-refractivity contribution is 9.10. The topological polar surface area (TPSA) is 12.0 Å². The average Bonchev–Trinajstić information content (AvgIpc) is 2.38. The Labute approximate surface area is 97.9 Å². The third-order valence-electron chi connectivity index (χ3n) is 2.67. The molecule has 2 rings (SSSR count). The Bertz CT molecular complexity index is 327. The van der Waals surface area contributed by atoms with E-state index < -0.39 is 0 Å². The molecule has 0 amide bonds. The first-order chi connectivity index (χ1) is 6.79. The summed E-state index contributed by atoms with van der Waals surface area (Å²) in [6, 6.07) is 6.57. The first kappa shape index (κ1) is 10.5. The maximum Gasteiger partial charge on any atom is 0.0271 e. The van der Waals surface area contributed by atoms with Crippen molar-refractivity contribution in [2.24, 2.45) is 5.92 Å². The summed E-state index contributed by atoms with van der Waals surface area (Å²) in [5, 5.41) is 0. The van der Waals surface area contributed by atoms with E-state index in [1.54, 1.807) is 11.9 Å². The Hall–Kier alpha value is 0.01000. The van der Waals surface area contributed by atoms with Crippen LogP contribution in [0.25, 0.3) is 0 Å². The van der Waals surface area contributed by atoms with E-state index in [0.29, 0.717) is 0 Å². The fraction of sp³-hybridized carbons (Fsp3) is 0.455. The molecule has 1 aromatic rings. The number of rotatable bonds is 1. The second kappa shape index (κ2) is 4.69. The van der Waals surface area contributed by atoms with Gasteiger partial charge >= 0.3 is 0 Å². The molecule has 1 aliphatic rings. The minimum atomic E-state index is 0.782. The largest absolute Gasteiger partial charge is 0.260 e. The SMILES string of the molecule is CC[C@H]1CNSc2cc(Br)ccc2C1. The molecule has 14 heavy (non-hydrogen) atoms. The predicted octanol–water partition coefficient (Wildman–Crippen LogP) is 3.63. The molecule has 1 atom stereocenters. The Kier molecular flexibility index (Phi) is 3.52. The van der Waals surface area contributed by atoms with Gasteiger partial charge in [0.2, 0.25) is 0 Å². The highest BCUT2D eigenvalue weighted by atomic mass is 79.9. The van der Waals surface area contributed by atoms with Gasteiger partial charge in [-0.2, -0.15) is 0 Å². The fourth-order valence-corrected chi connectivity index (χ4v) is 3.16. The third-order valence-corrected chi connectivity index (χ3v) is 4.07. The molecular weight excluding hydrogens is 258 g/mol. The second-order valence-corrected chi connectivity index (χ2v) is 5.53. The van der Waals surface area contributed by atoms with Crippen molar-refractivity contribution in [3.63, 3.8) is 0 Å². The molecule has 0 bridgehead atoms. The van der Waals surface area contributed by atoms with Crippen LogP contribution < -0.4 is 4.72 Å². The number of hydrogen-bond acceptors (Lipinski definition) is 2. The van der Waals surface area contributed by atoms with Crippen LogP contribution in [0.3, 0.4) is 0 Å². The van der Waals surface area contributed by atoms with Crippen LogP contribution in [0.4, 0.5) is 0 Å². The summed E-state index contributed by atoms with van der Waals surface area (Å²) < 4.78 is 4.59. The van der Waals surface area contributed by atoms with Gasteiger partial charge in [0.15, 0.2) is 0 Å². The molecule has 76 valence electrons. The molecule has 3 heteroatoms. The minimum absolute atomic E-state index is 0.782. The van der Waals surface area contributed by atoms with Gasteiger partial charge in [-0.15, -0.1) is 0 Å². The van der Waals surface area contributed by atoms with Gasteiger partial charge in [0.1, 0.15) is 0 Å². The predicted molar refractivity (Wildman–Crippen MR) is 65.5 cm³/mol. The first-order valence-electron chi connectivity index (χ1n) is 4.97. The minimum Gasteiger partial charge on any atom is -0.260 e. The number of benzene rings is 1. The Balaban J connectivity index is 2.27. The molecule has 0 fully saturated rings. The molecule has 1 N–H and O–H groups in total. The molecule has 0 radical (unpaired) electrons. The zero-order valence-electron chi connectivity index (χ0n) is 8.22. The van der Waals surface area contributed by atoms with E-state index in [2.05, 4.69) is 45.8 Å². The maximum atomic E-state index is 3.51. The standard InChI is InChI=1S/C11H14BrNS/c1-2-8-5-9-3-4-10(12)6-11(9)14-13-7-8/h3-4,6,8,13H,2,5,7H2,1H3/t8-/m1/s1. The van der Waals surface area contributed by atoms with Crippen LogP contribution in [0, 0.1) is 5.92 Å². The summed E-state index contributed by atoms with van der Waals surface area (Å²) in [6.45, 7) is 3.38. The summed E-state index contributed by atoms with van der Waals surface area (Å²) >= 11 is 5.27. The van der Waals surface area contributed by atoms with Crippen LogP contribution in [0.1, 0.15) is 18.9 Å². The van der Waals surface area contributed by atoms with Crippen molar-refractivity contribution in [3.8, 4) is 0 Å². The molecule has 0 spiro atoms. The molecule has 1 aromatic carbocycles. The van der Waals surface area contributed by atoms with Crippen LogP contribution >= 0.6 is 27.9 Å². The molecular formula is C11H14BrNS. The van der Waals surface area contributed by atoms with Crippen molar-refractivity contribution in [1.29, 1.82) is 0 Å². The van der Waals surface area contributed by atoms with E-state index >= 15 is 0 Å². The van der Waals surface area contributed by atoms with E-state index in [-0.39, 0.29) is 0 Å². The molecule has 0 aromatic heterocycles. The lowest BCUT2D eigenvalue weighted by atomic mass is 9.97. The molecule has 0 saturated carbocycles. The van der Waals surface area contributed by atoms with Crippen molar-refractivity contribution in [3.05, 3.63) is 28.2 Å². The van der Waals surface area contributed by atoms with E-state index in [1.165, 1.54) is 27.8 Å². The molecule has 0 saturated heterocycles. The quantitative estimate of drug-likeness (QED) is 0.783. The third kappa shape index (κ3) is 2.33. The second-order valence-electron chi connectivity index (χ2n) is 3.68. The normalized spacial score (nSPS) is 21.4. The maximum absolute atomic E-state index is 3.51. The fourth-order valence-electron chi connectivity index (χ4n) is 1.70. The van der Waals surface area contributed by atoms with Crippen LogP contribution in [0.5, 0.6) is 0 Å². The summed E-state index contributed by atoms with van der Waals surface area (Å²) in [6.07, 6.45) is 2.46. The van der Waals surface area contributed by atoms with E-state index in [1.807, 2.05) is 0 Å². The van der Waals surface area contributed by atoms with Crippen molar-refractivity contribution in [1.82, 2.24) is 4.72 Å². The number of hydrogen-bond donors (Lipinski definition) is 1. The number of halogens is 1. The Morgan fingerprint density at radius 2 is 2.43 bits per heavy atom. The molecule has 1 heterocycles. The smallest absolute Gasteiger partial charge is 0.0271 e. The Morgan fingerprint density at radius 1 is 1.57 bits per heavy atom. The molecule has 1 nitrogen and oxygen atoms in total. The van der Waals surface area contributed by atoms with Gasteiger partial charge in [-0.25, -0.2) is 0 Å². The van der Waals surface area contributed by atoms with Crippen molar-refractivity contribution < 1.29 is 0 Å². The van der Waals surface area contributed by atoms with E-state index in [0.717, 1.165) is 12.5 Å². The van der Waals surface area contributed by atoms with Gasteiger partial charge in [0.05, 0.1) is 0 Å². The lowest BCUT2D eigenvalue weighted by Gasteiger charge is -2.10. The van der Waals surface area contributed by atoms with Crippen LogP contribution in [0.15, 0.2) is 27.6 Å². The van der Waals surface area contributed by atoms with Crippen molar-refractivity contribution in [2.75, 3.05) is 6.54 Å². The van der Waals surface area contributed by atoms with Gasteiger partial charge in [0, 0.05) is 15.9 Å². The monoisotopic (exact) mass is 271 g/mol. The molecule has 0 aliphatic carbocycles. The van der Waals surface area contributed by atoms with Gasteiger partial charge in [-0.1, -0.05) is 35.3 Å². The summed E-state index contributed by atoms with van der Waals surface area (Å²) in [5.41, 5.74) is 1.48. The first-order valence-corrected chi connectivity index (χ1v) is 6.58. The lowest BCUT2D eigenvalue weighted by Crippen LogP contribution is -2.15. The average molecular weight is 272 g/mol. The summed E-state index contributed by atoms with van der Waals surface area (Å²) in [7, 11) is 0. The van der Waals surface area contributed by atoms with Crippen molar-refractivity contribution in [2.45, 2.75) is 24.7 Å². The number of fused-ring (bicyclic) bond motifs is 1.